The molecule has 1 aromatic carbocycles. The zero-order chi connectivity index (χ0) is 10.6. The second kappa shape index (κ2) is 4.62. The summed E-state index contributed by atoms with van der Waals surface area (Å²) in [6, 6.07) is 6.33. The number of benzene rings is 1. The first kappa shape index (κ1) is 10.5. The minimum atomic E-state index is -0.985. The lowest BCUT2D eigenvalue weighted by Gasteiger charge is -2.06. The zero-order valence-electron chi connectivity index (χ0n) is 7.93. The lowest BCUT2D eigenvalue weighted by atomic mass is 10.1. The van der Waals surface area contributed by atoms with Crippen LogP contribution in [0.5, 0.6) is 5.75 Å². The highest BCUT2D eigenvalue weighted by molar-refractivity contribution is 5.73. The Morgan fingerprint density at radius 3 is 2.50 bits per heavy atom. The van der Waals surface area contributed by atoms with Gasteiger partial charge in [-0.2, -0.15) is 0 Å². The molecule has 0 radical (unpaired) electrons. The van der Waals surface area contributed by atoms with Crippen molar-refractivity contribution in [3.63, 3.8) is 0 Å². The molecule has 0 aromatic heterocycles. The summed E-state index contributed by atoms with van der Waals surface area (Å²) in [6.07, 6.45) is 0.333. The molecule has 0 aliphatic rings. The first-order valence-electron chi connectivity index (χ1n) is 4.25. The SMILES string of the molecule is [11CH3]Oc1ccc(C[C@@H](N)C(=O)O)cc1. The number of hydrogen-bond donors (Lipinski definition) is 2. The van der Waals surface area contributed by atoms with Gasteiger partial charge in [0.2, 0.25) is 0 Å². The van der Waals surface area contributed by atoms with E-state index in [1.165, 1.54) is 0 Å². The van der Waals surface area contributed by atoms with Gasteiger partial charge in [-0.25, -0.2) is 0 Å². The van der Waals surface area contributed by atoms with Crippen LogP contribution >= 0.6 is 0 Å². The predicted molar refractivity (Wildman–Crippen MR) is 52.3 cm³/mol. The quantitative estimate of drug-likeness (QED) is 0.738. The van der Waals surface area contributed by atoms with Crippen molar-refractivity contribution in [2.24, 2.45) is 5.73 Å². The van der Waals surface area contributed by atoms with Crippen LogP contribution in [0.25, 0.3) is 0 Å². The zero-order valence-corrected chi connectivity index (χ0v) is 7.93. The van der Waals surface area contributed by atoms with E-state index in [9.17, 15) is 4.79 Å². The van der Waals surface area contributed by atoms with Gasteiger partial charge >= 0.3 is 5.97 Å². The number of rotatable bonds is 4. The van der Waals surface area contributed by atoms with Crippen LogP contribution in [0.15, 0.2) is 24.3 Å². The van der Waals surface area contributed by atoms with Crippen molar-refractivity contribution in [1.29, 1.82) is 0 Å². The number of hydrogen-bond acceptors (Lipinski definition) is 3. The van der Waals surface area contributed by atoms with E-state index in [1.54, 1.807) is 19.2 Å². The average Bonchev–Trinajstić information content (AvgIpc) is 2.19. The van der Waals surface area contributed by atoms with E-state index >= 15 is 0 Å². The van der Waals surface area contributed by atoms with Gasteiger partial charge in [0.25, 0.3) is 0 Å². The van der Waals surface area contributed by atoms with Crippen molar-refractivity contribution in [2.75, 3.05) is 7.11 Å². The number of ether oxygens (including phenoxy) is 1. The van der Waals surface area contributed by atoms with Crippen LogP contribution in [-0.2, 0) is 11.2 Å². The number of carboxylic acids is 1. The fourth-order valence-electron chi connectivity index (χ4n) is 1.10. The minimum absolute atomic E-state index is 0.333. The predicted octanol–water partition coefficient (Wildman–Crippen LogP) is 0.650. The first-order valence-corrected chi connectivity index (χ1v) is 4.25. The second-order valence-electron chi connectivity index (χ2n) is 3.00. The van der Waals surface area contributed by atoms with E-state index in [0.29, 0.717) is 6.42 Å². The Morgan fingerprint density at radius 2 is 2.07 bits per heavy atom. The number of methoxy groups -OCH3 is 1. The van der Waals surface area contributed by atoms with E-state index in [4.69, 9.17) is 15.6 Å². The van der Waals surface area contributed by atoms with Crippen LogP contribution in [0.1, 0.15) is 5.56 Å². The summed E-state index contributed by atoms with van der Waals surface area (Å²) >= 11 is 0. The molecule has 0 amide bonds. The Labute approximate surface area is 82.3 Å². The summed E-state index contributed by atoms with van der Waals surface area (Å²) in [6.45, 7) is 0. The molecule has 0 fully saturated rings. The summed E-state index contributed by atoms with van der Waals surface area (Å²) in [5.74, 6) is -0.238. The van der Waals surface area contributed by atoms with Gasteiger partial charge in [-0.1, -0.05) is 12.1 Å². The Morgan fingerprint density at radius 1 is 1.50 bits per heavy atom. The van der Waals surface area contributed by atoms with Crippen molar-refractivity contribution >= 4 is 5.97 Å². The van der Waals surface area contributed by atoms with Crippen LogP contribution in [0.2, 0.25) is 0 Å². The average molecular weight is 194 g/mol. The van der Waals surface area contributed by atoms with Crippen LogP contribution in [0, 0.1) is 0 Å². The Balaban J connectivity index is 2.64. The molecule has 0 aliphatic carbocycles. The molecule has 76 valence electrons. The summed E-state index contributed by atoms with van der Waals surface area (Å²) in [5, 5.41) is 8.59. The maximum atomic E-state index is 10.5. The van der Waals surface area contributed by atoms with Crippen molar-refractivity contribution in [2.45, 2.75) is 12.5 Å². The fraction of sp³-hybridized carbons (Fsp3) is 0.300. The highest BCUT2D eigenvalue weighted by Crippen LogP contribution is 2.12. The largest absolute Gasteiger partial charge is 0.497 e. The van der Waals surface area contributed by atoms with Crippen molar-refractivity contribution in [3.05, 3.63) is 29.8 Å². The van der Waals surface area contributed by atoms with Gasteiger partial charge < -0.3 is 15.6 Å². The fourth-order valence-corrected chi connectivity index (χ4v) is 1.10. The van der Waals surface area contributed by atoms with E-state index in [-0.39, 0.29) is 0 Å². The van der Waals surface area contributed by atoms with Crippen LogP contribution in [0.4, 0.5) is 0 Å². The summed E-state index contributed by atoms with van der Waals surface area (Å²) in [7, 11) is 1.58. The lowest BCUT2D eigenvalue weighted by molar-refractivity contribution is -0.138. The number of carboxylic acid groups (broad SMARTS) is 1. The van der Waals surface area contributed by atoms with Gasteiger partial charge in [-0.05, 0) is 24.1 Å². The van der Waals surface area contributed by atoms with Crippen molar-refractivity contribution < 1.29 is 14.6 Å². The van der Waals surface area contributed by atoms with Gasteiger partial charge in [0.1, 0.15) is 11.8 Å². The molecule has 0 saturated heterocycles. The molecule has 0 saturated carbocycles. The third kappa shape index (κ3) is 2.74. The third-order valence-electron chi connectivity index (χ3n) is 1.93. The number of carbonyl (C=O) groups is 1. The molecule has 14 heavy (non-hydrogen) atoms. The molecule has 4 nitrogen and oxygen atoms in total. The molecule has 0 heterocycles. The minimum Gasteiger partial charge on any atom is -0.497 e. The lowest BCUT2D eigenvalue weighted by Crippen LogP contribution is -2.32. The molecule has 0 spiro atoms. The van der Waals surface area contributed by atoms with Crippen molar-refractivity contribution in [3.8, 4) is 5.75 Å². The maximum absolute atomic E-state index is 10.5. The normalized spacial score (nSPS) is 12.1. The van der Waals surface area contributed by atoms with Gasteiger partial charge in [0, 0.05) is 0 Å². The second-order valence-corrected chi connectivity index (χ2v) is 3.00. The number of aliphatic carboxylic acids is 1. The van der Waals surface area contributed by atoms with Crippen LogP contribution < -0.4 is 10.5 Å². The Bertz CT molecular complexity index is 308. The topological polar surface area (TPSA) is 72.5 Å². The highest BCUT2D eigenvalue weighted by Gasteiger charge is 2.11. The Kier molecular flexibility index (Phi) is 3.48. The molecule has 0 unspecified atom stereocenters. The van der Waals surface area contributed by atoms with Gasteiger partial charge in [0.15, 0.2) is 0 Å². The highest BCUT2D eigenvalue weighted by atomic mass is 16.4. The first-order chi connectivity index (χ1) is 6.63. The molecule has 0 aliphatic heterocycles. The van der Waals surface area contributed by atoms with Crippen LogP contribution in [-0.4, -0.2) is 24.2 Å². The summed E-state index contributed by atoms with van der Waals surface area (Å²) < 4.78 is 4.97. The van der Waals surface area contributed by atoms with Gasteiger partial charge in [0.05, 0.1) is 7.11 Å². The smallest absolute Gasteiger partial charge is 0.320 e. The molecule has 3 N–H and O–H groups in total. The van der Waals surface area contributed by atoms with E-state index < -0.39 is 12.0 Å². The van der Waals surface area contributed by atoms with E-state index in [0.717, 1.165) is 11.3 Å². The van der Waals surface area contributed by atoms with Crippen LogP contribution in [0.3, 0.4) is 0 Å². The summed E-state index contributed by atoms with van der Waals surface area (Å²) in [5.41, 5.74) is 6.28. The molecular weight excluding hydrogens is 181 g/mol. The monoisotopic (exact) mass is 194 g/mol. The van der Waals surface area contributed by atoms with E-state index in [1.807, 2.05) is 12.1 Å². The summed E-state index contributed by atoms with van der Waals surface area (Å²) in [4.78, 5) is 10.5. The third-order valence-corrected chi connectivity index (χ3v) is 1.93. The van der Waals surface area contributed by atoms with E-state index in [2.05, 4.69) is 0 Å². The molecule has 1 rings (SSSR count). The molecule has 1 atom stereocenters. The van der Waals surface area contributed by atoms with Gasteiger partial charge in [-0.3, -0.25) is 4.79 Å². The maximum Gasteiger partial charge on any atom is 0.320 e. The molecular formula is C10H13NO3. The standard InChI is InChI=1S/C10H13NO3/c1-14-8-4-2-7(3-5-8)6-9(11)10(12)13/h2-5,9H,6,11H2,1H3,(H,12,13)/t9-/m1/s1/i1-1. The molecule has 0 bridgehead atoms. The number of nitrogens with two attached hydrogens (primary N) is 1. The van der Waals surface area contributed by atoms with Crippen molar-refractivity contribution in [1.82, 2.24) is 0 Å². The molecule has 4 heteroatoms. The molecule has 1 aromatic rings. The van der Waals surface area contributed by atoms with Gasteiger partial charge in [-0.15, -0.1) is 0 Å². The Hall–Kier alpha value is -1.55.